The van der Waals surface area contributed by atoms with Crippen LogP contribution >= 0.6 is 0 Å². The summed E-state index contributed by atoms with van der Waals surface area (Å²) in [7, 11) is 1.39. The number of methoxy groups -OCH3 is 1. The number of aliphatic hydroxyl groups excluding tert-OH is 1. The number of rotatable bonds is 5. The summed E-state index contributed by atoms with van der Waals surface area (Å²) < 4.78 is 18.7. The van der Waals surface area contributed by atoms with Gasteiger partial charge in [0.15, 0.2) is 0 Å². The summed E-state index contributed by atoms with van der Waals surface area (Å²) in [5, 5.41) is 11.0. The van der Waals surface area contributed by atoms with Crippen LogP contribution in [0.25, 0.3) is 6.08 Å². The van der Waals surface area contributed by atoms with Gasteiger partial charge in [-0.25, -0.2) is 4.79 Å². The molecule has 1 aliphatic heterocycles. The number of hydrogen-bond acceptors (Lipinski definition) is 5. The molecule has 1 N–H and O–H groups in total. The third-order valence-corrected chi connectivity index (χ3v) is 10.1. The monoisotopic (exact) mass is 504 g/mol. The second-order valence-corrected chi connectivity index (χ2v) is 12.1. The summed E-state index contributed by atoms with van der Waals surface area (Å²) >= 11 is 0. The molecule has 2 aromatic rings. The highest BCUT2D eigenvalue weighted by molar-refractivity contribution is 5.96. The van der Waals surface area contributed by atoms with E-state index < -0.39 is 11.6 Å². The SMILES string of the molecule is C=Cc1c(C(=O)OC)cc(OCc2ccccc2)c2c1O[C@]1(C2)[C@H](C)CC[C@H]2C(C)(C)[C@H](O)CC[C@@]21C. The Hall–Kier alpha value is -2.79. The van der Waals surface area contributed by atoms with Crippen molar-refractivity contribution >= 4 is 12.0 Å². The van der Waals surface area contributed by atoms with Crippen molar-refractivity contribution in [2.45, 2.75) is 78.1 Å². The molecule has 2 aromatic carbocycles. The smallest absolute Gasteiger partial charge is 0.338 e. The van der Waals surface area contributed by atoms with Gasteiger partial charge in [0, 0.05) is 23.0 Å². The third-order valence-electron chi connectivity index (χ3n) is 10.1. The normalized spacial score (nSPS) is 31.7. The van der Waals surface area contributed by atoms with E-state index in [-0.39, 0.29) is 16.9 Å². The Labute approximate surface area is 220 Å². The maximum Gasteiger partial charge on any atom is 0.338 e. The summed E-state index contributed by atoms with van der Waals surface area (Å²) in [6.45, 7) is 13.5. The van der Waals surface area contributed by atoms with Gasteiger partial charge < -0.3 is 19.3 Å². The molecule has 5 atom stereocenters. The number of benzene rings is 2. The average molecular weight is 505 g/mol. The molecule has 5 heteroatoms. The Kier molecular flexibility index (Phi) is 6.42. The maximum atomic E-state index is 12.9. The summed E-state index contributed by atoms with van der Waals surface area (Å²) in [6.07, 6.45) is 5.84. The standard InChI is InChI=1S/C32H40O5/c1-7-22-23(29(34)35-6)17-25(36-19-21-11-9-8-10-12-21)24-18-32(37-28(22)24)20(2)13-14-26-30(3,4)27(33)15-16-31(26,32)5/h7-12,17,20,26-27,33H,1,13-16,18-19H2,2-6H3/t20-,26+,27-,31+,32-/m1/s1. The van der Waals surface area contributed by atoms with Crippen LogP contribution in [-0.2, 0) is 17.8 Å². The summed E-state index contributed by atoms with van der Waals surface area (Å²) in [5.41, 5.74) is 2.30. The molecule has 0 unspecified atom stereocenters. The number of carbonyl (C=O) groups excluding carboxylic acids is 1. The zero-order valence-corrected chi connectivity index (χ0v) is 22.8. The van der Waals surface area contributed by atoms with Crippen molar-refractivity contribution in [2.24, 2.45) is 22.7 Å². The van der Waals surface area contributed by atoms with Crippen LogP contribution in [0.5, 0.6) is 11.5 Å². The molecule has 3 aliphatic rings. The second-order valence-electron chi connectivity index (χ2n) is 12.1. The molecule has 2 aliphatic carbocycles. The van der Waals surface area contributed by atoms with Crippen molar-refractivity contribution in [1.29, 1.82) is 0 Å². The molecule has 1 spiro atoms. The van der Waals surface area contributed by atoms with Gasteiger partial charge in [0.1, 0.15) is 23.7 Å². The highest BCUT2D eigenvalue weighted by atomic mass is 16.5. The third kappa shape index (κ3) is 3.80. The molecular weight excluding hydrogens is 464 g/mol. The zero-order chi connectivity index (χ0) is 26.6. The second kappa shape index (κ2) is 9.20. The van der Waals surface area contributed by atoms with Crippen molar-refractivity contribution in [1.82, 2.24) is 0 Å². The Morgan fingerprint density at radius 3 is 2.59 bits per heavy atom. The first-order valence-electron chi connectivity index (χ1n) is 13.5. The Morgan fingerprint density at radius 1 is 1.19 bits per heavy atom. The molecule has 198 valence electrons. The minimum Gasteiger partial charge on any atom is -0.488 e. The Morgan fingerprint density at radius 2 is 1.92 bits per heavy atom. The van der Waals surface area contributed by atoms with Crippen LogP contribution in [0.1, 0.15) is 80.4 Å². The van der Waals surface area contributed by atoms with E-state index in [1.54, 1.807) is 12.1 Å². The van der Waals surface area contributed by atoms with E-state index in [2.05, 4.69) is 34.3 Å². The van der Waals surface area contributed by atoms with Crippen LogP contribution in [0.2, 0.25) is 0 Å². The first-order valence-corrected chi connectivity index (χ1v) is 13.5. The topological polar surface area (TPSA) is 65.0 Å². The van der Waals surface area contributed by atoms with Gasteiger partial charge in [-0.05, 0) is 54.6 Å². The van der Waals surface area contributed by atoms with Crippen LogP contribution in [0.4, 0.5) is 0 Å². The molecular formula is C32H40O5. The van der Waals surface area contributed by atoms with E-state index in [9.17, 15) is 9.90 Å². The number of carbonyl (C=O) groups is 1. The predicted molar refractivity (Wildman–Crippen MR) is 145 cm³/mol. The van der Waals surface area contributed by atoms with Gasteiger partial charge in [-0.1, -0.05) is 70.7 Å². The molecule has 0 saturated heterocycles. The van der Waals surface area contributed by atoms with E-state index in [4.69, 9.17) is 14.2 Å². The summed E-state index contributed by atoms with van der Waals surface area (Å²) in [5.74, 6) is 1.53. The summed E-state index contributed by atoms with van der Waals surface area (Å²) in [6, 6.07) is 11.8. The molecule has 0 aromatic heterocycles. The van der Waals surface area contributed by atoms with Crippen molar-refractivity contribution in [3.8, 4) is 11.5 Å². The van der Waals surface area contributed by atoms with Gasteiger partial charge in [0.05, 0.1) is 18.8 Å². The maximum absolute atomic E-state index is 12.9. The fourth-order valence-corrected chi connectivity index (χ4v) is 7.84. The largest absolute Gasteiger partial charge is 0.488 e. The lowest BCUT2D eigenvalue weighted by atomic mass is 9.43. The van der Waals surface area contributed by atoms with Crippen LogP contribution in [0, 0.1) is 22.7 Å². The van der Waals surface area contributed by atoms with Gasteiger partial charge in [-0.15, -0.1) is 0 Å². The average Bonchev–Trinajstić information content (AvgIpc) is 3.31. The van der Waals surface area contributed by atoms with Crippen LogP contribution in [0.3, 0.4) is 0 Å². The minimum atomic E-state index is -0.465. The lowest BCUT2D eigenvalue weighted by molar-refractivity contribution is -0.210. The van der Waals surface area contributed by atoms with Crippen LogP contribution in [0.15, 0.2) is 43.0 Å². The van der Waals surface area contributed by atoms with Gasteiger partial charge >= 0.3 is 5.97 Å². The lowest BCUT2D eigenvalue weighted by Gasteiger charge is -2.64. The number of fused-ring (bicyclic) bond motifs is 3. The summed E-state index contributed by atoms with van der Waals surface area (Å²) in [4.78, 5) is 12.9. The predicted octanol–water partition coefficient (Wildman–Crippen LogP) is 6.60. The van der Waals surface area contributed by atoms with Gasteiger partial charge in [0.25, 0.3) is 0 Å². The van der Waals surface area contributed by atoms with Crippen molar-refractivity contribution in [2.75, 3.05) is 7.11 Å². The van der Waals surface area contributed by atoms with E-state index >= 15 is 0 Å². The van der Waals surface area contributed by atoms with Crippen molar-refractivity contribution in [3.05, 3.63) is 65.2 Å². The van der Waals surface area contributed by atoms with Gasteiger partial charge in [-0.3, -0.25) is 0 Å². The molecule has 5 nitrogen and oxygen atoms in total. The van der Waals surface area contributed by atoms with Crippen molar-refractivity contribution in [3.63, 3.8) is 0 Å². The van der Waals surface area contributed by atoms with E-state index in [0.29, 0.717) is 47.5 Å². The molecule has 1 heterocycles. The van der Waals surface area contributed by atoms with Crippen molar-refractivity contribution < 1.29 is 24.1 Å². The molecule has 5 rings (SSSR count). The molecule has 0 bridgehead atoms. The number of esters is 1. The van der Waals surface area contributed by atoms with Gasteiger partial charge in [-0.2, -0.15) is 0 Å². The lowest BCUT2D eigenvalue weighted by Crippen LogP contribution is -2.66. The number of ether oxygens (including phenoxy) is 3. The number of hydrogen-bond donors (Lipinski definition) is 1. The zero-order valence-electron chi connectivity index (χ0n) is 22.8. The molecule has 0 amide bonds. The van der Waals surface area contributed by atoms with Crippen LogP contribution < -0.4 is 9.47 Å². The molecule has 37 heavy (non-hydrogen) atoms. The fraction of sp³-hybridized carbons (Fsp3) is 0.531. The van der Waals surface area contributed by atoms with Gasteiger partial charge in [0.2, 0.25) is 0 Å². The highest BCUT2D eigenvalue weighted by Crippen LogP contribution is 2.67. The first-order chi connectivity index (χ1) is 17.6. The van der Waals surface area contributed by atoms with E-state index in [1.165, 1.54) is 7.11 Å². The van der Waals surface area contributed by atoms with E-state index in [0.717, 1.165) is 36.8 Å². The first kappa shape index (κ1) is 25.8. The molecule has 0 radical (unpaired) electrons. The molecule has 2 saturated carbocycles. The number of aliphatic hydroxyl groups is 1. The van der Waals surface area contributed by atoms with Crippen LogP contribution in [-0.4, -0.2) is 29.9 Å². The molecule has 2 fully saturated rings. The highest BCUT2D eigenvalue weighted by Gasteiger charge is 2.67. The Bertz CT molecular complexity index is 1200. The quantitative estimate of drug-likeness (QED) is 0.465. The minimum absolute atomic E-state index is 0.146. The fourth-order valence-electron chi connectivity index (χ4n) is 7.84. The van der Waals surface area contributed by atoms with E-state index in [1.807, 2.05) is 30.3 Å². The Balaban J connectivity index is 1.63.